The lowest BCUT2D eigenvalue weighted by molar-refractivity contribution is 0.0894. The summed E-state index contributed by atoms with van der Waals surface area (Å²) in [7, 11) is 1.51. The van der Waals surface area contributed by atoms with Crippen molar-refractivity contribution < 1.29 is 14.3 Å². The van der Waals surface area contributed by atoms with E-state index in [2.05, 4.69) is 10.2 Å². The lowest BCUT2D eigenvalue weighted by atomic mass is 10.0. The summed E-state index contributed by atoms with van der Waals surface area (Å²) < 4.78 is 10.0. The quantitative estimate of drug-likeness (QED) is 0.684. The molecule has 1 saturated heterocycles. The average Bonchev–Trinajstić information content (AvgIpc) is 2.82. The van der Waals surface area contributed by atoms with Crippen molar-refractivity contribution in [2.45, 2.75) is 6.42 Å². The molecule has 0 spiro atoms. The van der Waals surface area contributed by atoms with Crippen molar-refractivity contribution in [2.75, 3.05) is 20.3 Å². The topological polar surface area (TPSA) is 61.3 Å². The minimum atomic E-state index is -0.0623. The number of methoxy groups -OCH3 is 1. The van der Waals surface area contributed by atoms with Crippen LogP contribution in [0.2, 0.25) is 0 Å². The van der Waals surface area contributed by atoms with Gasteiger partial charge in [0, 0.05) is 18.6 Å². The molecule has 1 aromatic heterocycles. The molecule has 1 fully saturated rings. The third-order valence-electron chi connectivity index (χ3n) is 2.40. The van der Waals surface area contributed by atoms with E-state index in [-0.39, 0.29) is 11.7 Å². The van der Waals surface area contributed by atoms with Gasteiger partial charge in [-0.2, -0.15) is 0 Å². The van der Waals surface area contributed by atoms with Gasteiger partial charge >= 0.3 is 0 Å². The third-order valence-corrected chi connectivity index (χ3v) is 2.40. The Bertz CT molecular complexity index is 344. The summed E-state index contributed by atoms with van der Waals surface area (Å²) in [5, 5.41) is 7.57. The fourth-order valence-electron chi connectivity index (χ4n) is 1.51. The van der Waals surface area contributed by atoms with Gasteiger partial charge in [0.25, 0.3) is 0 Å². The summed E-state index contributed by atoms with van der Waals surface area (Å²) in [5.41, 5.74) is 0.381. The molecule has 2 rings (SSSR count). The van der Waals surface area contributed by atoms with Gasteiger partial charge in [-0.25, -0.2) is 0 Å². The minimum absolute atomic E-state index is 0.00246. The maximum Gasteiger partial charge on any atom is 0.233 e. The molecule has 1 aromatic rings. The molecule has 0 N–H and O–H groups in total. The highest BCUT2D eigenvalue weighted by atomic mass is 16.5. The number of rotatable bonds is 3. The summed E-state index contributed by atoms with van der Waals surface area (Å²) in [4.78, 5) is 11.8. The summed E-state index contributed by atoms with van der Waals surface area (Å²) in [6.45, 7) is 1.15. The average molecular weight is 208 g/mol. The molecule has 5 nitrogen and oxygen atoms in total. The van der Waals surface area contributed by atoms with E-state index in [0.29, 0.717) is 24.8 Å². The highest BCUT2D eigenvalue weighted by Gasteiger charge is 2.25. The van der Waals surface area contributed by atoms with Gasteiger partial charge in [-0.1, -0.05) is 0 Å². The zero-order valence-corrected chi connectivity index (χ0v) is 8.47. The first-order valence-corrected chi connectivity index (χ1v) is 4.81. The summed E-state index contributed by atoms with van der Waals surface area (Å²) >= 11 is 0. The Hall–Kier alpha value is -1.49. The van der Waals surface area contributed by atoms with E-state index in [9.17, 15) is 4.79 Å². The lowest BCUT2D eigenvalue weighted by Crippen LogP contribution is -2.16. The van der Waals surface area contributed by atoms with Gasteiger partial charge in [-0.15, -0.1) is 10.2 Å². The van der Waals surface area contributed by atoms with Gasteiger partial charge in [0.2, 0.25) is 5.88 Å². The van der Waals surface area contributed by atoms with E-state index >= 15 is 0 Å². The van der Waals surface area contributed by atoms with Crippen LogP contribution >= 0.6 is 0 Å². The second-order valence-electron chi connectivity index (χ2n) is 3.39. The number of carbonyl (C=O) groups is 1. The Kier molecular flexibility index (Phi) is 2.91. The Morgan fingerprint density at radius 1 is 1.53 bits per heavy atom. The maximum atomic E-state index is 11.8. The molecular weight excluding hydrogens is 196 g/mol. The number of aromatic nitrogens is 2. The Labute approximate surface area is 87.4 Å². The van der Waals surface area contributed by atoms with Crippen LogP contribution in [0.5, 0.6) is 5.88 Å². The molecule has 0 aliphatic carbocycles. The number of ether oxygens (including phenoxy) is 2. The molecule has 0 bridgehead atoms. The van der Waals surface area contributed by atoms with Gasteiger partial charge in [0.05, 0.1) is 13.7 Å². The minimum Gasteiger partial charge on any atom is -0.480 e. The maximum absolute atomic E-state index is 11.8. The number of carbonyl (C=O) groups excluding carboxylic acids is 1. The predicted octanol–water partition coefficient (Wildman–Crippen LogP) is 0.704. The van der Waals surface area contributed by atoms with Crippen molar-refractivity contribution in [2.24, 2.45) is 5.92 Å². The van der Waals surface area contributed by atoms with Crippen LogP contribution in [0.15, 0.2) is 12.1 Å². The van der Waals surface area contributed by atoms with Crippen LogP contribution in [0.4, 0.5) is 0 Å². The van der Waals surface area contributed by atoms with Crippen molar-refractivity contribution in [3.05, 3.63) is 17.8 Å². The van der Waals surface area contributed by atoms with Crippen LogP contribution < -0.4 is 4.74 Å². The molecule has 1 unspecified atom stereocenters. The second-order valence-corrected chi connectivity index (χ2v) is 3.39. The normalized spacial score (nSPS) is 20.2. The molecule has 0 radical (unpaired) electrons. The number of nitrogens with zero attached hydrogens (tertiary/aromatic N) is 2. The van der Waals surface area contributed by atoms with Crippen molar-refractivity contribution in [1.82, 2.24) is 10.2 Å². The molecule has 0 saturated carbocycles. The number of Topliss-reactive ketones (excluding diaryl/α,β-unsaturated/α-hetero) is 1. The largest absolute Gasteiger partial charge is 0.480 e. The van der Waals surface area contributed by atoms with Crippen molar-refractivity contribution in [3.63, 3.8) is 0 Å². The second kappa shape index (κ2) is 4.35. The van der Waals surface area contributed by atoms with E-state index in [1.807, 2.05) is 0 Å². The molecular formula is C10H12N2O3. The van der Waals surface area contributed by atoms with Gasteiger partial charge < -0.3 is 9.47 Å². The monoisotopic (exact) mass is 208 g/mol. The zero-order chi connectivity index (χ0) is 10.7. The van der Waals surface area contributed by atoms with Crippen LogP contribution in [0, 0.1) is 5.92 Å². The first-order chi connectivity index (χ1) is 7.31. The van der Waals surface area contributed by atoms with Gasteiger partial charge in [-0.05, 0) is 12.5 Å². The van der Waals surface area contributed by atoms with E-state index < -0.39 is 0 Å². The highest BCUT2D eigenvalue weighted by molar-refractivity contribution is 5.96. The van der Waals surface area contributed by atoms with E-state index in [1.165, 1.54) is 7.11 Å². The number of ketones is 1. The van der Waals surface area contributed by atoms with Gasteiger partial charge in [0.15, 0.2) is 5.78 Å². The molecule has 5 heteroatoms. The molecule has 1 atom stereocenters. The van der Waals surface area contributed by atoms with E-state index in [0.717, 1.165) is 6.42 Å². The third kappa shape index (κ3) is 2.12. The van der Waals surface area contributed by atoms with Gasteiger partial charge in [0.1, 0.15) is 5.69 Å². The van der Waals surface area contributed by atoms with Crippen LogP contribution in [0.1, 0.15) is 16.9 Å². The Balaban J connectivity index is 2.11. The van der Waals surface area contributed by atoms with Crippen molar-refractivity contribution >= 4 is 5.78 Å². The molecule has 1 aliphatic rings. The summed E-state index contributed by atoms with van der Waals surface area (Å²) in [6.07, 6.45) is 0.770. The van der Waals surface area contributed by atoms with Crippen LogP contribution in [0.25, 0.3) is 0 Å². The number of hydrogen-bond donors (Lipinski definition) is 0. The SMILES string of the molecule is COc1ccc(C(=O)C2CCOC2)nn1. The Morgan fingerprint density at radius 3 is 2.93 bits per heavy atom. The molecule has 80 valence electrons. The first-order valence-electron chi connectivity index (χ1n) is 4.81. The fraction of sp³-hybridized carbons (Fsp3) is 0.500. The van der Waals surface area contributed by atoms with Crippen LogP contribution in [0.3, 0.4) is 0 Å². The zero-order valence-electron chi connectivity index (χ0n) is 8.47. The molecule has 2 heterocycles. The smallest absolute Gasteiger partial charge is 0.233 e. The van der Waals surface area contributed by atoms with Crippen molar-refractivity contribution in [1.29, 1.82) is 0 Å². The predicted molar refractivity (Wildman–Crippen MR) is 51.8 cm³/mol. The van der Waals surface area contributed by atoms with E-state index in [1.54, 1.807) is 12.1 Å². The van der Waals surface area contributed by atoms with Gasteiger partial charge in [-0.3, -0.25) is 4.79 Å². The van der Waals surface area contributed by atoms with E-state index in [4.69, 9.17) is 9.47 Å². The molecule has 1 aliphatic heterocycles. The van der Waals surface area contributed by atoms with Crippen LogP contribution in [-0.4, -0.2) is 36.3 Å². The molecule has 0 aromatic carbocycles. The first kappa shape index (κ1) is 10.0. The fourth-order valence-corrected chi connectivity index (χ4v) is 1.51. The van der Waals surface area contributed by atoms with Crippen molar-refractivity contribution in [3.8, 4) is 5.88 Å². The molecule has 15 heavy (non-hydrogen) atoms. The lowest BCUT2D eigenvalue weighted by Gasteiger charge is -2.04. The Morgan fingerprint density at radius 2 is 2.40 bits per heavy atom. The molecule has 0 amide bonds. The van der Waals surface area contributed by atoms with Crippen LogP contribution in [-0.2, 0) is 4.74 Å². The standard InChI is InChI=1S/C10H12N2O3/c1-14-9-3-2-8(11-12-9)10(13)7-4-5-15-6-7/h2-3,7H,4-6H2,1H3. The summed E-state index contributed by atoms with van der Waals surface area (Å²) in [5.74, 6) is 0.351. The number of hydrogen-bond acceptors (Lipinski definition) is 5. The summed E-state index contributed by atoms with van der Waals surface area (Å²) in [6, 6.07) is 3.27. The highest BCUT2D eigenvalue weighted by Crippen LogP contribution is 2.17.